The van der Waals surface area contributed by atoms with Crippen LogP contribution >= 0.6 is 11.6 Å². The zero-order valence-electron chi connectivity index (χ0n) is 11.0. The van der Waals surface area contributed by atoms with E-state index in [1.54, 1.807) is 18.5 Å². The van der Waals surface area contributed by atoms with Crippen molar-refractivity contribution in [3.8, 4) is 5.95 Å². The lowest BCUT2D eigenvalue weighted by atomic mass is 10.2. The number of nitrogens with zero attached hydrogens (tertiary/aromatic N) is 5. The highest BCUT2D eigenvalue weighted by Crippen LogP contribution is 2.09. The van der Waals surface area contributed by atoms with Crippen LogP contribution in [0.5, 0.6) is 0 Å². The Bertz CT molecular complexity index is 519. The fourth-order valence-electron chi connectivity index (χ4n) is 1.70. The number of nitrogens with one attached hydrogen (secondary N) is 1. The maximum Gasteiger partial charge on any atom is 0.256 e. The summed E-state index contributed by atoms with van der Waals surface area (Å²) >= 11 is 5.88. The molecule has 2 rings (SSSR count). The standard InChI is InChI=1S/C12H17ClN6O/c13-10-16-11(14-6-3-1-2-4-9-20)18-12(17-10)19-8-5-7-15-19/h5,7-8,20H,1-4,6,9H2,(H,14,16,17,18). The number of halogens is 1. The van der Waals surface area contributed by atoms with Gasteiger partial charge in [0.05, 0.1) is 0 Å². The Morgan fingerprint density at radius 1 is 1.15 bits per heavy atom. The van der Waals surface area contributed by atoms with Gasteiger partial charge in [-0.1, -0.05) is 12.8 Å². The molecule has 0 saturated heterocycles. The van der Waals surface area contributed by atoms with E-state index in [1.165, 1.54) is 4.68 Å². The van der Waals surface area contributed by atoms with Crippen LogP contribution in [-0.2, 0) is 0 Å². The van der Waals surface area contributed by atoms with Gasteiger partial charge >= 0.3 is 0 Å². The van der Waals surface area contributed by atoms with Crippen molar-refractivity contribution in [2.45, 2.75) is 25.7 Å². The fourth-order valence-corrected chi connectivity index (χ4v) is 1.85. The first kappa shape index (κ1) is 14.7. The molecule has 2 aromatic heterocycles. The van der Waals surface area contributed by atoms with Crippen LogP contribution in [0.25, 0.3) is 5.95 Å². The molecule has 7 nitrogen and oxygen atoms in total. The summed E-state index contributed by atoms with van der Waals surface area (Å²) in [6.07, 6.45) is 7.30. The van der Waals surface area contributed by atoms with Gasteiger partial charge in [0.1, 0.15) is 0 Å². The van der Waals surface area contributed by atoms with Crippen molar-refractivity contribution in [3.05, 3.63) is 23.7 Å². The number of rotatable bonds is 8. The number of aromatic nitrogens is 5. The molecule has 2 N–H and O–H groups in total. The Morgan fingerprint density at radius 3 is 2.75 bits per heavy atom. The Morgan fingerprint density at radius 2 is 2.00 bits per heavy atom. The van der Waals surface area contributed by atoms with E-state index < -0.39 is 0 Å². The third-order valence-corrected chi connectivity index (χ3v) is 2.84. The molecular weight excluding hydrogens is 280 g/mol. The van der Waals surface area contributed by atoms with Crippen LogP contribution in [0, 0.1) is 0 Å². The Kier molecular flexibility index (Phi) is 5.69. The van der Waals surface area contributed by atoms with E-state index in [4.69, 9.17) is 16.7 Å². The molecule has 0 aliphatic carbocycles. The first-order chi connectivity index (χ1) is 9.79. The van der Waals surface area contributed by atoms with E-state index >= 15 is 0 Å². The average molecular weight is 297 g/mol. The van der Waals surface area contributed by atoms with Crippen LogP contribution in [0.2, 0.25) is 5.28 Å². The Balaban J connectivity index is 1.88. The Labute approximate surface area is 122 Å². The van der Waals surface area contributed by atoms with Gasteiger partial charge in [-0.25, -0.2) is 4.68 Å². The maximum absolute atomic E-state index is 8.69. The second-order valence-electron chi connectivity index (χ2n) is 4.24. The van der Waals surface area contributed by atoms with Gasteiger partial charge in [0.2, 0.25) is 11.2 Å². The van der Waals surface area contributed by atoms with Gasteiger partial charge in [-0.2, -0.15) is 20.1 Å². The fraction of sp³-hybridized carbons (Fsp3) is 0.500. The quantitative estimate of drug-likeness (QED) is 0.720. The second kappa shape index (κ2) is 7.76. The molecule has 8 heteroatoms. The SMILES string of the molecule is OCCCCCCNc1nc(Cl)nc(-n2cccn2)n1. The van der Waals surface area contributed by atoms with Crippen LogP contribution < -0.4 is 5.32 Å². The normalized spacial score (nSPS) is 10.7. The highest BCUT2D eigenvalue weighted by Gasteiger charge is 2.06. The largest absolute Gasteiger partial charge is 0.396 e. The molecule has 0 bridgehead atoms. The van der Waals surface area contributed by atoms with E-state index in [9.17, 15) is 0 Å². The van der Waals surface area contributed by atoms with Crippen LogP contribution in [0.3, 0.4) is 0 Å². The zero-order valence-corrected chi connectivity index (χ0v) is 11.8. The van der Waals surface area contributed by atoms with Gasteiger partial charge in [0, 0.05) is 25.5 Å². The van der Waals surface area contributed by atoms with Gasteiger partial charge in [-0.05, 0) is 30.5 Å². The predicted octanol–water partition coefficient (Wildman–Crippen LogP) is 1.68. The van der Waals surface area contributed by atoms with Crippen LogP contribution in [0.4, 0.5) is 5.95 Å². The summed E-state index contributed by atoms with van der Waals surface area (Å²) in [5.41, 5.74) is 0. The monoisotopic (exact) mass is 296 g/mol. The van der Waals surface area contributed by atoms with Crippen molar-refractivity contribution in [1.29, 1.82) is 0 Å². The number of aliphatic hydroxyl groups excluding tert-OH is 1. The zero-order chi connectivity index (χ0) is 14.2. The molecule has 0 unspecified atom stereocenters. The van der Waals surface area contributed by atoms with Crippen molar-refractivity contribution in [2.75, 3.05) is 18.5 Å². The van der Waals surface area contributed by atoms with Crippen molar-refractivity contribution >= 4 is 17.5 Å². The number of aliphatic hydroxyl groups is 1. The molecule has 0 fully saturated rings. The first-order valence-electron chi connectivity index (χ1n) is 6.56. The summed E-state index contributed by atoms with van der Waals surface area (Å²) in [5.74, 6) is 0.829. The van der Waals surface area contributed by atoms with Crippen LogP contribution in [0.1, 0.15) is 25.7 Å². The lowest BCUT2D eigenvalue weighted by Crippen LogP contribution is -2.10. The van der Waals surface area contributed by atoms with Gasteiger partial charge in [-0.3, -0.25) is 0 Å². The molecule has 0 saturated carbocycles. The van der Waals surface area contributed by atoms with Crippen molar-refractivity contribution in [1.82, 2.24) is 24.7 Å². The van der Waals surface area contributed by atoms with E-state index in [0.29, 0.717) is 11.9 Å². The molecule has 0 aliphatic heterocycles. The lowest BCUT2D eigenvalue weighted by molar-refractivity contribution is 0.283. The molecule has 0 spiro atoms. The first-order valence-corrected chi connectivity index (χ1v) is 6.94. The van der Waals surface area contributed by atoms with Gasteiger partial charge in [-0.15, -0.1) is 0 Å². The van der Waals surface area contributed by atoms with Gasteiger partial charge in [0.15, 0.2) is 0 Å². The third kappa shape index (κ3) is 4.43. The summed E-state index contributed by atoms with van der Waals surface area (Å²) in [7, 11) is 0. The minimum absolute atomic E-state index is 0.133. The molecular formula is C12H17ClN6O. The molecule has 20 heavy (non-hydrogen) atoms. The predicted molar refractivity (Wildman–Crippen MR) is 76.0 cm³/mol. The number of unbranched alkanes of at least 4 members (excludes halogenated alkanes) is 3. The minimum atomic E-state index is 0.133. The van der Waals surface area contributed by atoms with Gasteiger partial charge in [0.25, 0.3) is 5.95 Å². The van der Waals surface area contributed by atoms with Crippen molar-refractivity contribution in [2.24, 2.45) is 0 Å². The van der Waals surface area contributed by atoms with Crippen LogP contribution in [0.15, 0.2) is 18.5 Å². The molecule has 0 aromatic carbocycles. The van der Waals surface area contributed by atoms with E-state index in [2.05, 4.69) is 25.4 Å². The van der Waals surface area contributed by atoms with E-state index in [1.807, 2.05) is 0 Å². The van der Waals surface area contributed by atoms with Crippen molar-refractivity contribution in [3.63, 3.8) is 0 Å². The summed E-state index contributed by atoms with van der Waals surface area (Å²) in [5, 5.41) is 16.0. The Hall–Kier alpha value is -1.73. The molecule has 0 atom stereocenters. The summed E-state index contributed by atoms with van der Waals surface area (Å²) in [6.45, 7) is 1.01. The number of hydrogen-bond acceptors (Lipinski definition) is 6. The van der Waals surface area contributed by atoms with E-state index in [-0.39, 0.29) is 11.9 Å². The van der Waals surface area contributed by atoms with Crippen molar-refractivity contribution < 1.29 is 5.11 Å². The number of hydrogen-bond donors (Lipinski definition) is 2. The molecule has 0 amide bonds. The third-order valence-electron chi connectivity index (χ3n) is 2.67. The average Bonchev–Trinajstić information content (AvgIpc) is 2.96. The minimum Gasteiger partial charge on any atom is -0.396 e. The van der Waals surface area contributed by atoms with Crippen LogP contribution in [-0.4, -0.2) is 43.0 Å². The molecule has 108 valence electrons. The molecule has 0 radical (unpaired) electrons. The number of anilines is 1. The summed E-state index contributed by atoms with van der Waals surface area (Å²) in [6, 6.07) is 1.78. The topological polar surface area (TPSA) is 88.8 Å². The van der Waals surface area contributed by atoms with Gasteiger partial charge < -0.3 is 10.4 Å². The summed E-state index contributed by atoms with van der Waals surface area (Å²) < 4.78 is 1.53. The molecule has 0 aliphatic rings. The highest BCUT2D eigenvalue weighted by atomic mass is 35.5. The van der Waals surface area contributed by atoms with E-state index in [0.717, 1.165) is 32.2 Å². The smallest absolute Gasteiger partial charge is 0.256 e. The highest BCUT2D eigenvalue weighted by molar-refractivity contribution is 6.28. The maximum atomic E-state index is 8.69. The second-order valence-corrected chi connectivity index (χ2v) is 4.58. The summed E-state index contributed by atoms with van der Waals surface area (Å²) in [4.78, 5) is 12.3. The lowest BCUT2D eigenvalue weighted by Gasteiger charge is -2.06. The molecule has 2 aromatic rings. The molecule has 2 heterocycles.